The van der Waals surface area contributed by atoms with E-state index in [2.05, 4.69) is 20.6 Å². The zero-order valence-electron chi connectivity index (χ0n) is 24.8. The fourth-order valence-corrected chi connectivity index (χ4v) is 4.77. The SMILES string of the molecule is COCCN(Cc1cccc(CCNc2ncc(C)n(CC(=O)NCc3ccc4[nH]cc(C)c4c3)c2=O)c1)C(=O)C(F)(F)F. The first-order valence-electron chi connectivity index (χ1n) is 14.0. The van der Waals surface area contributed by atoms with E-state index in [9.17, 15) is 27.6 Å². The number of hydrogen-bond donors (Lipinski definition) is 3. The lowest BCUT2D eigenvalue weighted by Gasteiger charge is -2.23. The van der Waals surface area contributed by atoms with Gasteiger partial charge >= 0.3 is 12.1 Å². The van der Waals surface area contributed by atoms with E-state index in [1.54, 1.807) is 31.2 Å². The summed E-state index contributed by atoms with van der Waals surface area (Å²) in [5.41, 5.74) is 4.47. The van der Waals surface area contributed by atoms with Crippen LogP contribution in [0, 0.1) is 13.8 Å². The van der Waals surface area contributed by atoms with Gasteiger partial charge in [0.2, 0.25) is 5.91 Å². The van der Waals surface area contributed by atoms with Gasteiger partial charge in [0.05, 0.1) is 6.61 Å². The van der Waals surface area contributed by atoms with Crippen LogP contribution < -0.4 is 16.2 Å². The molecule has 0 aliphatic heterocycles. The maximum atomic E-state index is 13.1. The van der Waals surface area contributed by atoms with Crippen molar-refractivity contribution in [2.45, 2.75) is 46.1 Å². The Kier molecular flexibility index (Phi) is 10.4. The van der Waals surface area contributed by atoms with Crippen molar-refractivity contribution in [3.63, 3.8) is 0 Å². The van der Waals surface area contributed by atoms with Crippen molar-refractivity contribution in [3.05, 3.63) is 93.2 Å². The van der Waals surface area contributed by atoms with Crippen molar-refractivity contribution in [2.75, 3.05) is 32.1 Å². The first-order chi connectivity index (χ1) is 21.0. The first-order valence-corrected chi connectivity index (χ1v) is 14.0. The van der Waals surface area contributed by atoms with Crippen LogP contribution in [-0.2, 0) is 40.4 Å². The smallest absolute Gasteiger partial charge is 0.383 e. The quantitative estimate of drug-likeness (QED) is 0.211. The zero-order valence-corrected chi connectivity index (χ0v) is 24.8. The van der Waals surface area contributed by atoms with Gasteiger partial charge in [0.15, 0.2) is 5.82 Å². The molecule has 0 bridgehead atoms. The molecule has 0 aliphatic carbocycles. The number of nitrogens with one attached hydrogen (secondary N) is 3. The normalized spacial score (nSPS) is 11.5. The molecule has 4 rings (SSSR count). The average molecular weight is 613 g/mol. The van der Waals surface area contributed by atoms with E-state index in [1.807, 2.05) is 31.3 Å². The number of H-pyrrole nitrogens is 1. The Labute approximate surface area is 252 Å². The summed E-state index contributed by atoms with van der Waals surface area (Å²) in [6.07, 6.45) is -1.12. The van der Waals surface area contributed by atoms with Gasteiger partial charge < -0.3 is 25.3 Å². The van der Waals surface area contributed by atoms with Crippen molar-refractivity contribution in [1.82, 2.24) is 24.8 Å². The number of nitrogens with zero attached hydrogens (tertiary/aromatic N) is 3. The fraction of sp³-hybridized carbons (Fsp3) is 0.355. The van der Waals surface area contributed by atoms with E-state index >= 15 is 0 Å². The Hall–Kier alpha value is -4.65. The van der Waals surface area contributed by atoms with Crippen molar-refractivity contribution in [2.24, 2.45) is 0 Å². The Morgan fingerprint density at radius 3 is 2.61 bits per heavy atom. The summed E-state index contributed by atoms with van der Waals surface area (Å²) < 4.78 is 45.4. The third-order valence-electron chi connectivity index (χ3n) is 7.16. The topological polar surface area (TPSA) is 121 Å². The molecule has 2 aromatic carbocycles. The van der Waals surface area contributed by atoms with Crippen LogP contribution >= 0.6 is 0 Å². The van der Waals surface area contributed by atoms with Crippen LogP contribution in [0.4, 0.5) is 19.0 Å². The van der Waals surface area contributed by atoms with Gasteiger partial charge in [0.25, 0.3) is 5.56 Å². The number of alkyl halides is 3. The molecular weight excluding hydrogens is 577 g/mol. The summed E-state index contributed by atoms with van der Waals surface area (Å²) in [7, 11) is 1.35. The van der Waals surface area contributed by atoms with E-state index in [1.165, 1.54) is 17.9 Å². The summed E-state index contributed by atoms with van der Waals surface area (Å²) >= 11 is 0. The Balaban J connectivity index is 1.34. The van der Waals surface area contributed by atoms with Gasteiger partial charge in [0.1, 0.15) is 6.54 Å². The van der Waals surface area contributed by atoms with Crippen LogP contribution in [0.5, 0.6) is 0 Å². The molecule has 0 saturated heterocycles. The number of fused-ring (bicyclic) bond motifs is 1. The second-order valence-corrected chi connectivity index (χ2v) is 10.5. The van der Waals surface area contributed by atoms with Crippen LogP contribution in [0.3, 0.4) is 0 Å². The molecule has 0 aliphatic rings. The first kappa shape index (κ1) is 32.3. The summed E-state index contributed by atoms with van der Waals surface area (Å²) in [6, 6.07) is 12.8. The van der Waals surface area contributed by atoms with E-state index in [0.717, 1.165) is 27.6 Å². The maximum absolute atomic E-state index is 13.1. The number of carbonyl (C=O) groups is 2. The number of methoxy groups -OCH3 is 1. The third kappa shape index (κ3) is 8.25. The molecule has 44 heavy (non-hydrogen) atoms. The Morgan fingerprint density at radius 2 is 1.86 bits per heavy atom. The molecule has 2 amide bonds. The van der Waals surface area contributed by atoms with Gasteiger partial charge in [-0.15, -0.1) is 0 Å². The highest BCUT2D eigenvalue weighted by Gasteiger charge is 2.42. The molecule has 2 heterocycles. The molecule has 0 unspecified atom stereocenters. The number of rotatable bonds is 13. The number of ether oxygens (including phenoxy) is 1. The number of hydrogen-bond acceptors (Lipinski definition) is 6. The zero-order chi connectivity index (χ0) is 31.9. The number of carbonyl (C=O) groups excluding carboxylic acids is 2. The third-order valence-corrected chi connectivity index (χ3v) is 7.16. The number of aromatic nitrogens is 3. The second-order valence-electron chi connectivity index (χ2n) is 10.5. The number of halogens is 3. The molecule has 0 atom stereocenters. The lowest BCUT2D eigenvalue weighted by molar-refractivity contribution is -0.186. The van der Waals surface area contributed by atoms with Crippen molar-refractivity contribution < 1.29 is 27.5 Å². The minimum Gasteiger partial charge on any atom is -0.383 e. The minimum atomic E-state index is -4.99. The average Bonchev–Trinajstić information content (AvgIpc) is 3.36. The van der Waals surface area contributed by atoms with Crippen LogP contribution in [0.2, 0.25) is 0 Å². The number of aryl methyl sites for hydroxylation is 2. The van der Waals surface area contributed by atoms with Gasteiger partial charge in [-0.1, -0.05) is 30.3 Å². The summed E-state index contributed by atoms with van der Waals surface area (Å²) in [4.78, 5) is 45.8. The van der Waals surface area contributed by atoms with Crippen molar-refractivity contribution >= 4 is 28.5 Å². The maximum Gasteiger partial charge on any atom is 0.471 e. The standard InChI is InChI=1S/C31H35F3N6O4/c1-20-15-36-26-8-7-23(14-25(20)26)17-37-27(41)19-40-21(2)16-38-28(29(40)42)35-10-9-22-5-4-6-24(13-22)18-39(11-12-44-3)30(43)31(32,33)34/h4-8,13-16,36H,9-12,17-19H2,1-3H3,(H,35,38)(H,37,41). The van der Waals surface area contributed by atoms with E-state index in [0.29, 0.717) is 35.7 Å². The second kappa shape index (κ2) is 14.2. The predicted octanol–water partition coefficient (Wildman–Crippen LogP) is 3.85. The lowest BCUT2D eigenvalue weighted by atomic mass is 10.1. The van der Waals surface area contributed by atoms with Crippen LogP contribution in [0.1, 0.15) is 27.9 Å². The highest BCUT2D eigenvalue weighted by atomic mass is 19.4. The Morgan fingerprint density at radius 1 is 1.09 bits per heavy atom. The molecule has 0 spiro atoms. The van der Waals surface area contributed by atoms with Gasteiger partial charge in [-0.25, -0.2) is 4.98 Å². The molecule has 0 fully saturated rings. The molecule has 3 N–H and O–H groups in total. The van der Waals surface area contributed by atoms with Crippen LogP contribution in [0.15, 0.2) is 59.7 Å². The van der Waals surface area contributed by atoms with E-state index in [4.69, 9.17) is 4.74 Å². The molecule has 13 heteroatoms. The number of anilines is 1. The molecular formula is C31H35F3N6O4. The van der Waals surface area contributed by atoms with Gasteiger partial charge in [0, 0.05) is 62.3 Å². The highest BCUT2D eigenvalue weighted by Crippen LogP contribution is 2.21. The molecule has 234 valence electrons. The number of benzene rings is 2. The monoisotopic (exact) mass is 612 g/mol. The largest absolute Gasteiger partial charge is 0.471 e. The predicted molar refractivity (Wildman–Crippen MR) is 160 cm³/mol. The molecule has 0 radical (unpaired) electrons. The molecule has 4 aromatic rings. The van der Waals surface area contributed by atoms with Crippen LogP contribution in [0.25, 0.3) is 10.9 Å². The molecule has 0 saturated carbocycles. The van der Waals surface area contributed by atoms with Gasteiger partial charge in [-0.05, 0) is 54.7 Å². The summed E-state index contributed by atoms with van der Waals surface area (Å²) in [5.74, 6) is -2.17. The fourth-order valence-electron chi connectivity index (χ4n) is 4.77. The lowest BCUT2D eigenvalue weighted by Crippen LogP contribution is -2.42. The van der Waals surface area contributed by atoms with E-state index < -0.39 is 17.6 Å². The van der Waals surface area contributed by atoms with Crippen molar-refractivity contribution in [1.29, 1.82) is 0 Å². The number of amides is 2. The summed E-state index contributed by atoms with van der Waals surface area (Å²) in [6.45, 7) is 3.69. The number of aromatic amines is 1. The molecule has 2 aromatic heterocycles. The van der Waals surface area contributed by atoms with Crippen LogP contribution in [-0.4, -0.2) is 64.2 Å². The Bertz CT molecular complexity index is 1680. The van der Waals surface area contributed by atoms with Crippen molar-refractivity contribution in [3.8, 4) is 0 Å². The van der Waals surface area contributed by atoms with Gasteiger partial charge in [-0.3, -0.25) is 19.0 Å². The highest BCUT2D eigenvalue weighted by molar-refractivity contribution is 5.84. The molecule has 10 nitrogen and oxygen atoms in total. The van der Waals surface area contributed by atoms with E-state index in [-0.39, 0.29) is 38.0 Å². The minimum absolute atomic E-state index is 0.0295. The summed E-state index contributed by atoms with van der Waals surface area (Å²) in [5, 5.41) is 6.95. The van der Waals surface area contributed by atoms with Gasteiger partial charge in [-0.2, -0.15) is 13.2 Å².